The zero-order valence-corrected chi connectivity index (χ0v) is 9.80. The van der Waals surface area contributed by atoms with Gasteiger partial charge in [-0.2, -0.15) is 0 Å². The van der Waals surface area contributed by atoms with E-state index >= 15 is 0 Å². The number of benzene rings is 1. The van der Waals surface area contributed by atoms with Crippen LogP contribution in [0.5, 0.6) is 11.5 Å². The monoisotopic (exact) mass is 234 g/mol. The molecule has 4 nitrogen and oxygen atoms in total. The van der Waals surface area contributed by atoms with Crippen molar-refractivity contribution in [3.8, 4) is 11.5 Å². The molecule has 4 heteroatoms. The molecule has 0 saturated heterocycles. The maximum Gasteiger partial charge on any atom is 0.309 e. The summed E-state index contributed by atoms with van der Waals surface area (Å²) in [7, 11) is 1.43. The predicted molar refractivity (Wildman–Crippen MR) is 60.0 cm³/mol. The van der Waals surface area contributed by atoms with Gasteiger partial charge < -0.3 is 14.2 Å². The quantitative estimate of drug-likeness (QED) is 0.733. The van der Waals surface area contributed by atoms with Crippen LogP contribution < -0.4 is 9.47 Å². The van der Waals surface area contributed by atoms with Crippen LogP contribution in [0.25, 0.3) is 0 Å². The molecule has 1 saturated carbocycles. The molecule has 0 unspecified atom stereocenters. The summed E-state index contributed by atoms with van der Waals surface area (Å²) in [5, 5.41) is 0. The molecule has 0 N–H and O–H groups in total. The van der Waals surface area contributed by atoms with Crippen molar-refractivity contribution in [3.63, 3.8) is 0 Å². The van der Waals surface area contributed by atoms with Gasteiger partial charge in [-0.25, -0.2) is 0 Å². The highest BCUT2D eigenvalue weighted by Gasteiger charge is 2.53. The molecule has 1 heterocycles. The molecular weight excluding hydrogens is 220 g/mol. The molecule has 1 aliphatic carbocycles. The minimum absolute atomic E-state index is 0.0135. The van der Waals surface area contributed by atoms with Gasteiger partial charge >= 0.3 is 5.97 Å². The summed E-state index contributed by atoms with van der Waals surface area (Å²) < 4.78 is 15.4. The summed E-state index contributed by atoms with van der Waals surface area (Å²) in [6.45, 7) is 2.34. The Morgan fingerprint density at radius 3 is 2.88 bits per heavy atom. The second-order valence-electron chi connectivity index (χ2n) is 4.55. The lowest BCUT2D eigenvalue weighted by Gasteiger charge is -2.02. The number of rotatable bonds is 2. The van der Waals surface area contributed by atoms with Crippen LogP contribution in [0.3, 0.4) is 0 Å². The third-order valence-electron chi connectivity index (χ3n) is 3.63. The van der Waals surface area contributed by atoms with Crippen molar-refractivity contribution < 1.29 is 19.0 Å². The van der Waals surface area contributed by atoms with Crippen molar-refractivity contribution in [2.45, 2.75) is 12.8 Å². The Balaban J connectivity index is 1.84. The lowest BCUT2D eigenvalue weighted by Crippen LogP contribution is -2.04. The van der Waals surface area contributed by atoms with Gasteiger partial charge in [-0.1, -0.05) is 13.0 Å². The van der Waals surface area contributed by atoms with E-state index in [1.54, 1.807) is 0 Å². The van der Waals surface area contributed by atoms with E-state index in [0.717, 1.165) is 17.1 Å². The van der Waals surface area contributed by atoms with Crippen LogP contribution in [-0.2, 0) is 9.53 Å². The Morgan fingerprint density at radius 2 is 2.12 bits per heavy atom. The van der Waals surface area contributed by atoms with Crippen LogP contribution in [0.2, 0.25) is 0 Å². The number of fused-ring (bicyclic) bond motifs is 1. The summed E-state index contributed by atoms with van der Waals surface area (Å²) in [6.07, 6.45) is 0. The summed E-state index contributed by atoms with van der Waals surface area (Å²) >= 11 is 0. The first-order chi connectivity index (χ1) is 8.22. The highest BCUT2D eigenvalue weighted by Crippen LogP contribution is 2.55. The normalized spacial score (nSPS) is 28.9. The first-order valence-corrected chi connectivity index (χ1v) is 5.69. The molecule has 3 rings (SSSR count). The van der Waals surface area contributed by atoms with E-state index in [2.05, 4.69) is 6.92 Å². The SMILES string of the molecule is COC(=O)[C@@H]1[C@@H](C)[C@@H]1c1ccc2c(c1)OCO2. The van der Waals surface area contributed by atoms with Crippen molar-refractivity contribution in [3.05, 3.63) is 23.8 Å². The maximum absolute atomic E-state index is 11.5. The lowest BCUT2D eigenvalue weighted by atomic mass is 10.1. The van der Waals surface area contributed by atoms with Gasteiger partial charge in [0.2, 0.25) is 6.79 Å². The number of carbonyl (C=O) groups is 1. The molecular formula is C13H14O4. The van der Waals surface area contributed by atoms with Crippen molar-refractivity contribution in [2.75, 3.05) is 13.9 Å². The van der Waals surface area contributed by atoms with E-state index in [4.69, 9.17) is 14.2 Å². The van der Waals surface area contributed by atoms with Crippen LogP contribution in [0, 0.1) is 11.8 Å². The maximum atomic E-state index is 11.5. The number of ether oxygens (including phenoxy) is 3. The van der Waals surface area contributed by atoms with Gasteiger partial charge in [-0.15, -0.1) is 0 Å². The highest BCUT2D eigenvalue weighted by atomic mass is 16.7. The fraction of sp³-hybridized carbons (Fsp3) is 0.462. The first-order valence-electron chi connectivity index (χ1n) is 5.69. The zero-order valence-electron chi connectivity index (χ0n) is 9.80. The van der Waals surface area contributed by atoms with Crippen molar-refractivity contribution in [2.24, 2.45) is 11.8 Å². The van der Waals surface area contributed by atoms with Gasteiger partial charge in [0.1, 0.15) is 0 Å². The third-order valence-corrected chi connectivity index (χ3v) is 3.63. The fourth-order valence-corrected chi connectivity index (χ4v) is 2.59. The van der Waals surface area contributed by atoms with E-state index in [9.17, 15) is 4.79 Å². The molecule has 1 aromatic rings. The van der Waals surface area contributed by atoms with Gasteiger partial charge in [0.15, 0.2) is 11.5 Å². The van der Waals surface area contributed by atoms with Crippen LogP contribution in [0.4, 0.5) is 0 Å². The average Bonchev–Trinajstić information content (AvgIpc) is 2.81. The average molecular weight is 234 g/mol. The number of hydrogen-bond donors (Lipinski definition) is 0. The molecule has 1 aromatic carbocycles. The molecule has 90 valence electrons. The highest BCUT2D eigenvalue weighted by molar-refractivity contribution is 5.78. The van der Waals surface area contributed by atoms with Gasteiger partial charge in [-0.05, 0) is 23.6 Å². The minimum atomic E-state index is -0.125. The van der Waals surface area contributed by atoms with Gasteiger partial charge in [0.25, 0.3) is 0 Å². The smallest absolute Gasteiger partial charge is 0.309 e. The topological polar surface area (TPSA) is 44.8 Å². The Kier molecular flexibility index (Phi) is 2.24. The summed E-state index contributed by atoms with van der Waals surface area (Å²) in [5.41, 5.74) is 1.12. The Labute approximate surface area is 99.5 Å². The number of hydrogen-bond acceptors (Lipinski definition) is 4. The van der Waals surface area contributed by atoms with Crippen LogP contribution >= 0.6 is 0 Å². The molecule has 1 fully saturated rings. The Hall–Kier alpha value is -1.71. The van der Waals surface area contributed by atoms with E-state index in [1.165, 1.54) is 7.11 Å². The predicted octanol–water partition coefficient (Wildman–Crippen LogP) is 1.94. The molecule has 0 radical (unpaired) electrons. The fourth-order valence-electron chi connectivity index (χ4n) is 2.59. The molecule has 2 aliphatic rings. The molecule has 0 spiro atoms. The third kappa shape index (κ3) is 1.55. The van der Waals surface area contributed by atoms with Crippen molar-refractivity contribution in [1.82, 2.24) is 0 Å². The van der Waals surface area contributed by atoms with Crippen LogP contribution in [0.1, 0.15) is 18.4 Å². The Bertz CT molecular complexity index is 468. The molecule has 0 bridgehead atoms. The van der Waals surface area contributed by atoms with E-state index < -0.39 is 0 Å². The Morgan fingerprint density at radius 1 is 1.35 bits per heavy atom. The number of esters is 1. The minimum Gasteiger partial charge on any atom is -0.469 e. The van der Waals surface area contributed by atoms with E-state index in [0.29, 0.717) is 5.92 Å². The standard InChI is InChI=1S/C13H14O4/c1-7-11(12(7)13(14)15-2)8-3-4-9-10(5-8)17-6-16-9/h3-5,7,11-12H,6H2,1-2H3/t7-,11+,12+/m0/s1. The lowest BCUT2D eigenvalue weighted by molar-refractivity contribution is -0.142. The molecule has 1 aliphatic heterocycles. The van der Waals surface area contributed by atoms with Crippen molar-refractivity contribution >= 4 is 5.97 Å². The zero-order chi connectivity index (χ0) is 12.0. The number of methoxy groups -OCH3 is 1. The van der Waals surface area contributed by atoms with Crippen molar-refractivity contribution in [1.29, 1.82) is 0 Å². The first kappa shape index (κ1) is 10.4. The molecule has 3 atom stereocenters. The van der Waals surface area contributed by atoms with Gasteiger partial charge in [-0.3, -0.25) is 4.79 Å². The molecule has 0 amide bonds. The van der Waals surface area contributed by atoms with E-state index in [-0.39, 0.29) is 24.6 Å². The molecule has 0 aromatic heterocycles. The summed E-state index contributed by atoms with van der Waals surface area (Å²) in [4.78, 5) is 11.5. The number of carbonyl (C=O) groups excluding carboxylic acids is 1. The van der Waals surface area contributed by atoms with Gasteiger partial charge in [0.05, 0.1) is 13.0 Å². The second-order valence-corrected chi connectivity index (χ2v) is 4.55. The summed E-state index contributed by atoms with van der Waals surface area (Å²) in [5.74, 6) is 1.99. The van der Waals surface area contributed by atoms with Gasteiger partial charge in [0, 0.05) is 5.92 Å². The van der Waals surface area contributed by atoms with E-state index in [1.807, 2.05) is 18.2 Å². The second kappa shape index (κ2) is 3.65. The summed E-state index contributed by atoms with van der Waals surface area (Å²) in [6, 6.07) is 5.86. The van der Waals surface area contributed by atoms with Crippen LogP contribution in [-0.4, -0.2) is 19.9 Å². The molecule has 17 heavy (non-hydrogen) atoms. The van der Waals surface area contributed by atoms with Crippen LogP contribution in [0.15, 0.2) is 18.2 Å². The largest absolute Gasteiger partial charge is 0.469 e.